The molecule has 0 amide bonds. The third-order valence-corrected chi connectivity index (χ3v) is 2.38. The van der Waals surface area contributed by atoms with Crippen LogP contribution in [0.15, 0.2) is 0 Å². The second-order valence-electron chi connectivity index (χ2n) is 3.93. The first-order valence-corrected chi connectivity index (χ1v) is 4.15. The van der Waals surface area contributed by atoms with E-state index >= 15 is 0 Å². The van der Waals surface area contributed by atoms with Gasteiger partial charge in [-0.2, -0.15) is 6.42 Å². The molecule has 0 aromatic rings. The third kappa shape index (κ3) is 2.79. The van der Waals surface area contributed by atoms with E-state index in [-0.39, 0.29) is 32.7 Å². The van der Waals surface area contributed by atoms with E-state index in [2.05, 4.69) is 39.0 Å². The van der Waals surface area contributed by atoms with Crippen LogP contribution < -0.4 is 0 Å². The van der Waals surface area contributed by atoms with Crippen molar-refractivity contribution in [1.82, 2.24) is 4.90 Å². The molecule has 0 atom stereocenters. The van der Waals surface area contributed by atoms with Crippen molar-refractivity contribution >= 4 is 0 Å². The molecule has 0 spiro atoms. The van der Waals surface area contributed by atoms with Crippen molar-refractivity contribution in [2.45, 2.75) is 45.7 Å². The Morgan fingerprint density at radius 2 is 1.91 bits per heavy atom. The molecule has 0 unspecified atom stereocenters. The summed E-state index contributed by atoms with van der Waals surface area (Å²) in [7, 11) is 0. The predicted octanol–water partition coefficient (Wildman–Crippen LogP) is 2.08. The Morgan fingerprint density at radius 1 is 1.36 bits per heavy atom. The summed E-state index contributed by atoms with van der Waals surface area (Å²) in [6.45, 7) is 10.4. The Bertz CT molecular complexity index is 121. The van der Waals surface area contributed by atoms with Crippen LogP contribution in [0.4, 0.5) is 0 Å². The normalized spacial score (nSPS) is 23.7. The molecule has 0 saturated carbocycles. The summed E-state index contributed by atoms with van der Waals surface area (Å²) in [5, 5.41) is 0. The minimum Gasteiger partial charge on any atom is -0.327 e. The number of likely N-dealkylation sites (tertiary alicyclic amines) is 1. The van der Waals surface area contributed by atoms with Gasteiger partial charge in [-0.3, -0.25) is 0 Å². The summed E-state index contributed by atoms with van der Waals surface area (Å²) < 4.78 is 0. The minimum absolute atomic E-state index is 0. The first-order chi connectivity index (χ1) is 4.54. The van der Waals surface area contributed by atoms with E-state index in [9.17, 15) is 0 Å². The number of rotatable bonds is 1. The molecule has 0 aliphatic carbocycles. The van der Waals surface area contributed by atoms with Crippen LogP contribution in [0.5, 0.6) is 0 Å². The first kappa shape index (κ1) is 12.1. The van der Waals surface area contributed by atoms with Crippen molar-refractivity contribution in [2.75, 3.05) is 6.54 Å². The molecule has 0 bridgehead atoms. The smallest absolute Gasteiger partial charge is 0.00146 e. The van der Waals surface area contributed by atoms with E-state index < -0.39 is 0 Å². The van der Waals surface area contributed by atoms with Crippen molar-refractivity contribution in [2.24, 2.45) is 0 Å². The van der Waals surface area contributed by atoms with Crippen molar-refractivity contribution in [3.63, 3.8) is 0 Å². The molecule has 1 heterocycles. The van der Waals surface area contributed by atoms with Crippen molar-refractivity contribution < 1.29 is 32.7 Å². The fourth-order valence-corrected chi connectivity index (χ4v) is 1.89. The molecule has 0 N–H and O–H groups in total. The number of nitrogens with zero attached hydrogens (tertiary/aromatic N) is 1. The van der Waals surface area contributed by atoms with Gasteiger partial charge in [0.05, 0.1) is 0 Å². The molecular formula is C9H18NY-. The third-order valence-electron chi connectivity index (χ3n) is 2.38. The van der Waals surface area contributed by atoms with Crippen LogP contribution in [0, 0.1) is 6.42 Å². The van der Waals surface area contributed by atoms with Crippen molar-refractivity contribution in [1.29, 1.82) is 0 Å². The summed E-state index contributed by atoms with van der Waals surface area (Å²) in [6, 6.07) is 0.689. The molecule has 11 heavy (non-hydrogen) atoms. The van der Waals surface area contributed by atoms with Crippen LogP contribution >= 0.6 is 0 Å². The van der Waals surface area contributed by atoms with Gasteiger partial charge in [-0.1, -0.05) is 13.8 Å². The molecule has 63 valence electrons. The maximum atomic E-state index is 2.53. The van der Waals surface area contributed by atoms with Crippen LogP contribution in [0.25, 0.3) is 0 Å². The number of hydrogen-bond acceptors (Lipinski definition) is 1. The van der Waals surface area contributed by atoms with E-state index in [1.165, 1.54) is 13.0 Å². The Hall–Kier alpha value is 1.06. The van der Waals surface area contributed by atoms with Crippen LogP contribution in [0.3, 0.4) is 0 Å². The van der Waals surface area contributed by atoms with Crippen LogP contribution in [0.2, 0.25) is 0 Å². The molecule has 0 aromatic carbocycles. The fourth-order valence-electron chi connectivity index (χ4n) is 1.89. The Balaban J connectivity index is 0.000001000. The average Bonchev–Trinajstić information content (AvgIpc) is 2.08. The zero-order valence-corrected chi connectivity index (χ0v) is 10.9. The zero-order valence-electron chi connectivity index (χ0n) is 8.09. The average molecular weight is 229 g/mol. The van der Waals surface area contributed by atoms with Crippen molar-refractivity contribution in [3.05, 3.63) is 6.42 Å². The molecular weight excluding hydrogens is 211 g/mol. The monoisotopic (exact) mass is 229 g/mol. The van der Waals surface area contributed by atoms with Gasteiger partial charge in [0.2, 0.25) is 0 Å². The topological polar surface area (TPSA) is 3.24 Å². The van der Waals surface area contributed by atoms with Crippen LogP contribution in [0.1, 0.15) is 34.1 Å². The van der Waals surface area contributed by atoms with Crippen LogP contribution in [-0.4, -0.2) is 23.0 Å². The van der Waals surface area contributed by atoms with Gasteiger partial charge in [0.15, 0.2) is 0 Å². The summed E-state index contributed by atoms with van der Waals surface area (Å²) in [4.78, 5) is 2.53. The van der Waals surface area contributed by atoms with Gasteiger partial charge in [0.25, 0.3) is 0 Å². The molecule has 1 aliphatic heterocycles. The maximum Gasteiger partial charge on any atom is 0.00146 e. The zero-order chi connectivity index (χ0) is 7.78. The summed E-state index contributed by atoms with van der Waals surface area (Å²) in [5.41, 5.74) is 0.341. The quantitative estimate of drug-likeness (QED) is 0.622. The van der Waals surface area contributed by atoms with Gasteiger partial charge in [-0.05, 0) is 20.4 Å². The SMILES string of the molecule is CC(C)N1CC[CH-]C1(C)C.[Y]. The molecule has 1 saturated heterocycles. The second-order valence-corrected chi connectivity index (χ2v) is 3.93. The Kier molecular flexibility index (Phi) is 4.76. The molecule has 1 radical (unpaired) electrons. The molecule has 1 aliphatic rings. The van der Waals surface area contributed by atoms with Gasteiger partial charge in [-0.25, -0.2) is 0 Å². The predicted molar refractivity (Wildman–Crippen MR) is 44.8 cm³/mol. The summed E-state index contributed by atoms with van der Waals surface area (Å²) in [6.07, 6.45) is 3.66. The van der Waals surface area contributed by atoms with Gasteiger partial charge >= 0.3 is 0 Å². The van der Waals surface area contributed by atoms with E-state index in [1.807, 2.05) is 0 Å². The van der Waals surface area contributed by atoms with E-state index in [0.717, 1.165) is 0 Å². The molecule has 1 rings (SSSR count). The van der Waals surface area contributed by atoms with Crippen LogP contribution in [-0.2, 0) is 32.7 Å². The van der Waals surface area contributed by atoms with Crippen molar-refractivity contribution in [3.8, 4) is 0 Å². The molecule has 1 nitrogen and oxygen atoms in total. The minimum atomic E-state index is 0. The first-order valence-electron chi connectivity index (χ1n) is 4.15. The van der Waals surface area contributed by atoms with Gasteiger partial charge in [0.1, 0.15) is 0 Å². The summed E-state index contributed by atoms with van der Waals surface area (Å²) >= 11 is 0. The Labute approximate surface area is 95.8 Å². The molecule has 0 aromatic heterocycles. The standard InChI is InChI=1S/C9H18N.Y/c1-8(2)10-7-5-6-9(10,3)4;/h6,8H,5,7H2,1-4H3;/q-1;. The maximum absolute atomic E-state index is 2.53. The van der Waals surface area contributed by atoms with E-state index in [0.29, 0.717) is 11.6 Å². The largest absolute Gasteiger partial charge is 0.327 e. The van der Waals surface area contributed by atoms with Gasteiger partial charge in [-0.15, -0.1) is 5.54 Å². The second kappa shape index (κ2) is 4.34. The van der Waals surface area contributed by atoms with Gasteiger partial charge in [0, 0.05) is 38.8 Å². The molecule has 1 fully saturated rings. The Morgan fingerprint density at radius 3 is 2.09 bits per heavy atom. The molecule has 2 heteroatoms. The fraction of sp³-hybridized carbons (Fsp3) is 0.889. The number of hydrogen-bond donors (Lipinski definition) is 0. The summed E-state index contributed by atoms with van der Waals surface area (Å²) in [5.74, 6) is 0. The van der Waals surface area contributed by atoms with E-state index in [1.54, 1.807) is 0 Å². The van der Waals surface area contributed by atoms with Gasteiger partial charge < -0.3 is 11.3 Å². The van der Waals surface area contributed by atoms with E-state index in [4.69, 9.17) is 0 Å².